The normalized spacial score (nSPS) is 5.14. The molecule has 0 saturated heterocycles. The van der Waals surface area contributed by atoms with Crippen LogP contribution in [0.2, 0.25) is 0 Å². The molecule has 9 nitrogen and oxygen atoms in total. The zero-order chi connectivity index (χ0) is 10.7. The maximum atomic E-state index is 8.33. The number of carboxylic acid groups (broad SMARTS) is 6. The molecule has 0 aromatic heterocycles. The maximum Gasteiger partial charge on any atom is 3.00 e. The first-order chi connectivity index (χ1) is 5.20. The molecule has 0 aromatic rings. The van der Waals surface area contributed by atoms with E-state index in [0.29, 0.717) is 0 Å². The first-order valence-corrected chi connectivity index (χ1v) is 1.84. The van der Waals surface area contributed by atoms with Gasteiger partial charge in [0, 0.05) is 0 Å². The van der Waals surface area contributed by atoms with Crippen molar-refractivity contribution in [1.82, 2.24) is 0 Å². The van der Waals surface area contributed by atoms with Gasteiger partial charge < -0.3 is 45.0 Å². The molecule has 0 N–H and O–H groups in total. The molecule has 0 aliphatic carbocycles. The molecule has 0 rings (SSSR count). The van der Waals surface area contributed by atoms with Crippen molar-refractivity contribution in [2.24, 2.45) is 0 Å². The zero-order valence-electron chi connectivity index (χ0n) is 5.73. The quantitative estimate of drug-likeness (QED) is 0.300. The van der Waals surface area contributed by atoms with E-state index in [1.54, 1.807) is 0 Å². The standard InChI is InChI=1S/3CH2O3.2Tm/c3*2-1(3)4;;/h3*(H2,2,3,4);;/q;;;2*+3/p-6. The van der Waals surface area contributed by atoms with Crippen molar-refractivity contribution >= 4 is 18.5 Å². The fraction of sp³-hybridized carbons (Fsp3) is 0. The van der Waals surface area contributed by atoms with Crippen LogP contribution in [0.3, 0.4) is 0 Å². The van der Waals surface area contributed by atoms with Crippen molar-refractivity contribution in [1.29, 1.82) is 0 Å². The zero-order valence-corrected chi connectivity index (χ0v) is 9.29. The maximum absolute atomic E-state index is 8.33. The Hall–Kier alpha value is 0.278. The number of carbonyl (C=O) groups is 3. The molecule has 0 atom stereocenters. The largest absolute Gasteiger partial charge is 3.00 e. The fourth-order valence-corrected chi connectivity index (χ4v) is 0. The number of carbonyl (C=O) groups excluding carboxylic acids is 3. The summed E-state index contributed by atoms with van der Waals surface area (Å²) in [6, 6.07) is 0. The SMILES string of the molecule is O=C([O-])[O-].O=C([O-])[O-].O=C([O-])[O-].[Tm+3].[Tm+3]. The third kappa shape index (κ3) is 20300. The van der Waals surface area contributed by atoms with Crippen LogP contribution in [0, 0.1) is 73.7 Å². The second-order valence-electron chi connectivity index (χ2n) is 0.750. The number of hydrogen-bond acceptors (Lipinski definition) is 9. The molecule has 0 saturated carbocycles. The summed E-state index contributed by atoms with van der Waals surface area (Å²) in [5.41, 5.74) is 0. The van der Waals surface area contributed by atoms with Crippen molar-refractivity contribution in [2.45, 2.75) is 0 Å². The van der Waals surface area contributed by atoms with Crippen LogP contribution < -0.4 is 30.6 Å². The van der Waals surface area contributed by atoms with Crippen LogP contribution in [-0.2, 0) is 0 Å². The van der Waals surface area contributed by atoms with Gasteiger partial charge in [0.15, 0.2) is 0 Å². The van der Waals surface area contributed by atoms with Gasteiger partial charge in [-0.15, -0.1) is 0 Å². The Morgan fingerprint density at radius 3 is 0.500 bits per heavy atom. The molecule has 0 unspecified atom stereocenters. The van der Waals surface area contributed by atoms with Crippen LogP contribution in [0.4, 0.5) is 14.4 Å². The van der Waals surface area contributed by atoms with E-state index in [-0.39, 0.29) is 73.7 Å². The molecule has 0 fully saturated rings. The Bertz CT molecular complexity index is 116. The summed E-state index contributed by atoms with van der Waals surface area (Å²) in [5.74, 6) is 0. The Kier molecular flexibility index (Phi) is 48.6. The summed E-state index contributed by atoms with van der Waals surface area (Å²) in [6.07, 6.45) is -7.00. The van der Waals surface area contributed by atoms with E-state index < -0.39 is 18.5 Å². The van der Waals surface area contributed by atoms with Gasteiger partial charge in [-0.3, -0.25) is 0 Å². The Balaban J connectivity index is -0.0000000270. The van der Waals surface area contributed by atoms with Gasteiger partial charge in [-0.2, -0.15) is 0 Å². The number of hydrogen-bond donors (Lipinski definition) is 0. The van der Waals surface area contributed by atoms with E-state index >= 15 is 0 Å². The third-order valence-corrected chi connectivity index (χ3v) is 0. The Morgan fingerprint density at radius 2 is 0.500 bits per heavy atom. The first kappa shape index (κ1) is 29.2. The van der Waals surface area contributed by atoms with Gasteiger partial charge in [-0.25, -0.2) is 0 Å². The van der Waals surface area contributed by atoms with Crippen molar-refractivity contribution < 1.29 is 119 Å². The van der Waals surface area contributed by atoms with Crippen LogP contribution in [0.15, 0.2) is 0 Å². The molecular formula is C3O9Tm2. The molecule has 11 heteroatoms. The summed E-state index contributed by atoms with van der Waals surface area (Å²) in [7, 11) is 0. The smallest absolute Gasteiger partial charge is 0.652 e. The Labute approximate surface area is 135 Å². The molecular weight excluding hydrogens is 518 g/mol. The van der Waals surface area contributed by atoms with E-state index in [2.05, 4.69) is 0 Å². The van der Waals surface area contributed by atoms with Crippen LogP contribution in [0.5, 0.6) is 0 Å². The van der Waals surface area contributed by atoms with Crippen molar-refractivity contribution in [3.05, 3.63) is 0 Å². The van der Waals surface area contributed by atoms with E-state index in [1.807, 2.05) is 0 Å². The average Bonchev–Trinajstić information content (AvgIpc) is 1.54. The molecule has 0 spiro atoms. The molecule has 0 bridgehead atoms. The molecule has 14 heavy (non-hydrogen) atoms. The minimum absolute atomic E-state index is 0. The van der Waals surface area contributed by atoms with Crippen molar-refractivity contribution in [3.8, 4) is 0 Å². The minimum Gasteiger partial charge on any atom is -0.652 e. The second kappa shape index (κ2) is 23.3. The van der Waals surface area contributed by atoms with Crippen LogP contribution in [0.1, 0.15) is 0 Å². The monoisotopic (exact) mass is 518 g/mol. The van der Waals surface area contributed by atoms with E-state index in [9.17, 15) is 0 Å². The molecule has 0 radical (unpaired) electrons. The van der Waals surface area contributed by atoms with Crippen LogP contribution in [-0.4, -0.2) is 18.5 Å². The predicted molar refractivity (Wildman–Crippen MR) is 16.2 cm³/mol. The van der Waals surface area contributed by atoms with Gasteiger partial charge in [0.05, 0.1) is 0 Å². The number of rotatable bonds is 0. The molecule has 0 aliphatic rings. The van der Waals surface area contributed by atoms with Gasteiger partial charge in [0.1, 0.15) is 0 Å². The third-order valence-electron chi connectivity index (χ3n) is 0. The Morgan fingerprint density at radius 1 is 0.500 bits per heavy atom. The predicted octanol–water partition coefficient (Wildman–Crippen LogP) is -7.34. The fourth-order valence-electron chi connectivity index (χ4n) is 0. The van der Waals surface area contributed by atoms with E-state index in [0.717, 1.165) is 0 Å². The van der Waals surface area contributed by atoms with Crippen molar-refractivity contribution in [3.63, 3.8) is 0 Å². The van der Waals surface area contributed by atoms with E-state index in [4.69, 9.17) is 45.0 Å². The van der Waals surface area contributed by atoms with Crippen LogP contribution in [0.25, 0.3) is 0 Å². The molecule has 0 aliphatic heterocycles. The molecule has 92 valence electrons. The molecule has 0 amide bonds. The topological polar surface area (TPSA) is 190 Å². The van der Waals surface area contributed by atoms with Crippen LogP contribution >= 0.6 is 0 Å². The molecule has 0 aromatic carbocycles. The minimum atomic E-state index is -2.33. The van der Waals surface area contributed by atoms with Gasteiger partial charge in [0.2, 0.25) is 0 Å². The summed E-state index contributed by atoms with van der Waals surface area (Å²) in [6.45, 7) is 0. The average molecular weight is 518 g/mol. The summed E-state index contributed by atoms with van der Waals surface area (Å²) in [4.78, 5) is 25.0. The van der Waals surface area contributed by atoms with Gasteiger partial charge in [-0.1, -0.05) is 0 Å². The second-order valence-corrected chi connectivity index (χ2v) is 0.750. The summed E-state index contributed by atoms with van der Waals surface area (Å²) >= 11 is 0. The first-order valence-electron chi connectivity index (χ1n) is 1.84. The summed E-state index contributed by atoms with van der Waals surface area (Å²) < 4.78 is 0. The molecule has 0 heterocycles. The van der Waals surface area contributed by atoms with Gasteiger partial charge >= 0.3 is 73.7 Å². The van der Waals surface area contributed by atoms with Gasteiger partial charge in [0.25, 0.3) is 0 Å². The van der Waals surface area contributed by atoms with E-state index in [1.165, 1.54) is 0 Å². The summed E-state index contributed by atoms with van der Waals surface area (Å²) in [5, 5.41) is 50.0. The van der Waals surface area contributed by atoms with Crippen molar-refractivity contribution in [2.75, 3.05) is 0 Å². The van der Waals surface area contributed by atoms with Gasteiger partial charge in [-0.05, 0) is 18.5 Å².